The van der Waals surface area contributed by atoms with Crippen molar-refractivity contribution >= 4 is 0 Å². The molecule has 0 aliphatic rings. The molecule has 0 saturated heterocycles. The molecule has 0 atom stereocenters. The van der Waals surface area contributed by atoms with Gasteiger partial charge in [0.25, 0.3) is 0 Å². The molecule has 0 fully saturated rings. The predicted molar refractivity (Wildman–Crippen MR) is 17.2 cm³/mol. The van der Waals surface area contributed by atoms with Gasteiger partial charge in [-0.15, -0.1) is 0 Å². The van der Waals surface area contributed by atoms with E-state index in [2.05, 4.69) is 0 Å². The van der Waals surface area contributed by atoms with E-state index in [1.54, 1.807) is 0 Å². The second kappa shape index (κ2) is 2230. The lowest BCUT2D eigenvalue weighted by Crippen LogP contribution is -0.856. The molecule has 0 aliphatic heterocycles. The van der Waals surface area contributed by atoms with E-state index in [0.29, 0.717) is 0 Å². The van der Waals surface area contributed by atoms with E-state index in [1.807, 2.05) is 13.8 Å². The molecule has 0 rings (SSSR count). The van der Waals surface area contributed by atoms with Crippen LogP contribution in [0, 0.1) is 0 Å². The SMILES string of the molecule is CC.[OH-].[OH-].[OH-]. The summed E-state index contributed by atoms with van der Waals surface area (Å²) in [5, 5.41) is 0. The Morgan fingerprint density at radius 3 is 0.600 bits per heavy atom. The van der Waals surface area contributed by atoms with Crippen molar-refractivity contribution in [2.75, 3.05) is 0 Å². The first-order chi connectivity index (χ1) is 1.00. The van der Waals surface area contributed by atoms with Gasteiger partial charge in [0.15, 0.2) is 0 Å². The Morgan fingerprint density at radius 2 is 0.600 bits per heavy atom. The zero-order valence-corrected chi connectivity index (χ0v) is 3.34. The summed E-state index contributed by atoms with van der Waals surface area (Å²) in [5.74, 6) is 0. The maximum absolute atomic E-state index is 2.00. The van der Waals surface area contributed by atoms with Crippen LogP contribution in [0.2, 0.25) is 0 Å². The average molecular weight is 81.1 g/mol. The summed E-state index contributed by atoms with van der Waals surface area (Å²) in [5.41, 5.74) is 0. The molecule has 0 heterocycles. The van der Waals surface area contributed by atoms with Gasteiger partial charge in [-0.1, -0.05) is 13.8 Å². The van der Waals surface area contributed by atoms with E-state index in [4.69, 9.17) is 0 Å². The zero-order chi connectivity index (χ0) is 2.00. The fourth-order valence-electron chi connectivity index (χ4n) is 0. The Labute approximate surface area is 31.5 Å². The van der Waals surface area contributed by atoms with Crippen molar-refractivity contribution in [1.82, 2.24) is 0 Å². The second-order valence-electron chi connectivity index (χ2n) is 0. The first-order valence-corrected chi connectivity index (χ1v) is 1.00. The summed E-state index contributed by atoms with van der Waals surface area (Å²) in [6.45, 7) is 4.00. The molecule has 0 spiro atoms. The molecule has 0 aromatic heterocycles. The highest BCUT2D eigenvalue weighted by Gasteiger charge is 0.932. The Morgan fingerprint density at radius 1 is 0.600 bits per heavy atom. The first-order valence-electron chi connectivity index (χ1n) is 1.00. The summed E-state index contributed by atoms with van der Waals surface area (Å²) in [4.78, 5) is 0. The van der Waals surface area contributed by atoms with Gasteiger partial charge in [-0.05, 0) is 0 Å². The summed E-state index contributed by atoms with van der Waals surface area (Å²) in [7, 11) is 0. The van der Waals surface area contributed by atoms with Crippen LogP contribution in [0.25, 0.3) is 0 Å². The summed E-state index contributed by atoms with van der Waals surface area (Å²) >= 11 is 0. The quantitative estimate of drug-likeness (QED) is 0.425. The molecule has 0 bridgehead atoms. The molecular weight excluding hydrogens is 72.0 g/mol. The third kappa shape index (κ3) is 952. The predicted octanol–water partition coefficient (Wildman–Crippen LogP) is 0.496. The normalized spacial score (nSPS) is 1.20. The number of hydrogen-bond acceptors (Lipinski definition) is 3. The smallest absolute Gasteiger partial charge is 0.0683 e. The van der Waals surface area contributed by atoms with Gasteiger partial charge >= 0.3 is 0 Å². The molecule has 5 heavy (non-hydrogen) atoms. The topological polar surface area (TPSA) is 90.0 Å². The van der Waals surface area contributed by atoms with Gasteiger partial charge in [0.05, 0.1) is 0 Å². The average Bonchev–Trinajstić information content (AvgIpc) is 1.00. The Balaban J connectivity index is -0.00000000167. The molecular formula is C2H9O3-3. The van der Waals surface area contributed by atoms with Crippen LogP contribution in [-0.4, -0.2) is 16.4 Å². The van der Waals surface area contributed by atoms with E-state index in [0.717, 1.165) is 0 Å². The van der Waals surface area contributed by atoms with Gasteiger partial charge in [-0.25, -0.2) is 0 Å². The molecule has 3 heteroatoms. The third-order valence-electron chi connectivity index (χ3n) is 0. The van der Waals surface area contributed by atoms with Gasteiger partial charge in [-0.2, -0.15) is 0 Å². The van der Waals surface area contributed by atoms with E-state index >= 15 is 0 Å². The van der Waals surface area contributed by atoms with Crippen LogP contribution in [0.3, 0.4) is 0 Å². The van der Waals surface area contributed by atoms with E-state index in [9.17, 15) is 0 Å². The van der Waals surface area contributed by atoms with Crippen molar-refractivity contribution in [2.24, 2.45) is 0 Å². The maximum atomic E-state index is 2.00. The van der Waals surface area contributed by atoms with Gasteiger partial charge in [0.1, 0.15) is 0 Å². The lowest BCUT2D eigenvalue weighted by Gasteiger charge is -1.07. The van der Waals surface area contributed by atoms with Crippen LogP contribution < -0.4 is 0 Å². The van der Waals surface area contributed by atoms with Crippen LogP contribution in [0.15, 0.2) is 0 Å². The minimum absolute atomic E-state index is 0. The van der Waals surface area contributed by atoms with E-state index in [1.165, 1.54) is 0 Å². The second-order valence-corrected chi connectivity index (χ2v) is 0. The van der Waals surface area contributed by atoms with Crippen LogP contribution in [0.1, 0.15) is 13.8 Å². The van der Waals surface area contributed by atoms with Crippen LogP contribution >= 0.6 is 0 Å². The van der Waals surface area contributed by atoms with E-state index < -0.39 is 0 Å². The van der Waals surface area contributed by atoms with Crippen molar-refractivity contribution in [3.05, 3.63) is 0 Å². The lowest BCUT2D eigenvalue weighted by molar-refractivity contribution is 0.823. The fraction of sp³-hybridized carbons (Fsp3) is 1.00. The highest BCUT2D eigenvalue weighted by molar-refractivity contribution is 3.50. The fourth-order valence-corrected chi connectivity index (χ4v) is 0. The van der Waals surface area contributed by atoms with Crippen LogP contribution in [-0.2, 0) is 0 Å². The molecule has 0 aromatic rings. The van der Waals surface area contributed by atoms with Crippen molar-refractivity contribution in [3.63, 3.8) is 0 Å². The van der Waals surface area contributed by atoms with Gasteiger partial charge < -0.3 is 16.4 Å². The number of rotatable bonds is 0. The lowest BCUT2D eigenvalue weighted by atomic mass is 11.0. The van der Waals surface area contributed by atoms with Crippen molar-refractivity contribution in [1.29, 1.82) is 0 Å². The molecule has 0 aliphatic carbocycles. The first kappa shape index (κ1) is 94.9. The van der Waals surface area contributed by atoms with Crippen LogP contribution in [0.5, 0.6) is 0 Å². The minimum Gasteiger partial charge on any atom is -0.870 e. The van der Waals surface area contributed by atoms with Gasteiger partial charge in [0.2, 0.25) is 0 Å². The number of hydrogen-bond donors (Lipinski definition) is 0. The summed E-state index contributed by atoms with van der Waals surface area (Å²) < 4.78 is 0. The van der Waals surface area contributed by atoms with Crippen molar-refractivity contribution < 1.29 is 16.4 Å². The molecule has 0 saturated carbocycles. The molecule has 3 N–H and O–H groups in total. The maximum Gasteiger partial charge on any atom is -0.0683 e. The molecule has 3 nitrogen and oxygen atoms in total. The van der Waals surface area contributed by atoms with Gasteiger partial charge in [-0.3, -0.25) is 0 Å². The molecule has 0 radical (unpaired) electrons. The highest BCUT2D eigenvalue weighted by Crippen LogP contribution is 1.14. The van der Waals surface area contributed by atoms with Crippen molar-refractivity contribution in [3.8, 4) is 0 Å². The van der Waals surface area contributed by atoms with E-state index in [-0.39, 0.29) is 16.4 Å². The monoisotopic (exact) mass is 81.1 g/mol. The molecule has 0 unspecified atom stereocenters. The van der Waals surface area contributed by atoms with Gasteiger partial charge in [0, 0.05) is 0 Å². The molecule has 0 aromatic carbocycles. The van der Waals surface area contributed by atoms with Crippen LogP contribution in [0.4, 0.5) is 0 Å². The zero-order valence-electron chi connectivity index (χ0n) is 3.34. The molecule has 0 amide bonds. The molecule has 38 valence electrons. The standard InChI is InChI=1S/C2H6.3H2O/c1-2;;;/h1-2H3;3*1H2/p-3. The Hall–Kier alpha value is -0.120. The summed E-state index contributed by atoms with van der Waals surface area (Å²) in [6, 6.07) is 0. The highest BCUT2D eigenvalue weighted by atomic mass is 16.0. The van der Waals surface area contributed by atoms with Crippen molar-refractivity contribution in [2.45, 2.75) is 13.8 Å². The largest absolute Gasteiger partial charge is 0.870 e. The Bertz CT molecular complexity index is 4.85. The minimum atomic E-state index is 0. The summed E-state index contributed by atoms with van der Waals surface area (Å²) in [6.07, 6.45) is 0. The Kier molecular flexibility index (Phi) is 42400. The third-order valence-corrected chi connectivity index (χ3v) is 0.